The van der Waals surface area contributed by atoms with E-state index in [0.717, 1.165) is 12.8 Å². The topological polar surface area (TPSA) is 41.1 Å². The van der Waals surface area contributed by atoms with Crippen LogP contribution in [0, 0.1) is 0 Å². The average molecular weight is 160 g/mol. The Kier molecular flexibility index (Phi) is 2.56. The molecule has 0 bridgehead atoms. The van der Waals surface area contributed by atoms with E-state index in [1.807, 2.05) is 0 Å². The lowest BCUT2D eigenvalue weighted by Crippen LogP contribution is -2.49. The lowest BCUT2D eigenvalue weighted by molar-refractivity contribution is -0.120. The maximum Gasteiger partial charge on any atom is 0.217 e. The summed E-state index contributed by atoms with van der Waals surface area (Å²) in [6.45, 7) is 1.54. The van der Waals surface area contributed by atoms with Crippen LogP contribution in [0.3, 0.4) is 0 Å². The van der Waals surface area contributed by atoms with Crippen LogP contribution in [0.2, 0.25) is 0 Å². The third kappa shape index (κ3) is 1.88. The molecule has 0 radical (unpaired) electrons. The molecule has 10 heavy (non-hydrogen) atoms. The van der Waals surface area contributed by atoms with E-state index in [2.05, 4.69) is 22.9 Å². The summed E-state index contributed by atoms with van der Waals surface area (Å²) in [5.74, 6) is 0.0580. The third-order valence-corrected chi connectivity index (χ3v) is 2.09. The molecule has 2 N–H and O–H groups in total. The van der Waals surface area contributed by atoms with Crippen molar-refractivity contribution >= 4 is 18.7 Å². The molecule has 0 atom stereocenters. The first-order valence-electron chi connectivity index (χ1n) is 3.39. The summed E-state index contributed by atoms with van der Waals surface area (Å²) in [5.41, 5.74) is 0. The first-order valence-corrected chi connectivity index (χ1v) is 3.84. The number of carbonyl (C=O) groups is 1. The molecule has 1 aliphatic carbocycles. The van der Waals surface area contributed by atoms with E-state index < -0.39 is 0 Å². The van der Waals surface area contributed by atoms with Gasteiger partial charge in [0.15, 0.2) is 0 Å². The Bertz CT molecular complexity index is 134. The smallest absolute Gasteiger partial charge is 0.217 e. The Morgan fingerprint density at radius 1 is 1.50 bits per heavy atom. The van der Waals surface area contributed by atoms with Crippen LogP contribution >= 0.6 is 12.8 Å². The molecule has 0 aliphatic heterocycles. The first kappa shape index (κ1) is 7.88. The molecule has 0 aromatic carbocycles. The summed E-state index contributed by atoms with van der Waals surface area (Å²) in [5, 5.41) is 2.83. The number of rotatable bonds is 2. The quantitative estimate of drug-likeness (QED) is 0.501. The van der Waals surface area contributed by atoms with E-state index in [9.17, 15) is 4.79 Å². The van der Waals surface area contributed by atoms with Gasteiger partial charge in [0.1, 0.15) is 0 Å². The molecule has 0 heterocycles. The van der Waals surface area contributed by atoms with Gasteiger partial charge in [-0.2, -0.15) is 0 Å². The van der Waals surface area contributed by atoms with Crippen LogP contribution in [0.15, 0.2) is 0 Å². The summed E-state index contributed by atoms with van der Waals surface area (Å²) in [6.07, 6.45) is 2.01. The fourth-order valence-corrected chi connectivity index (χ4v) is 1.34. The van der Waals surface area contributed by atoms with Gasteiger partial charge in [0.2, 0.25) is 5.91 Å². The number of nitrogens with one attached hydrogen (secondary N) is 2. The minimum Gasteiger partial charge on any atom is -0.353 e. The van der Waals surface area contributed by atoms with Crippen LogP contribution in [-0.2, 0) is 4.79 Å². The second kappa shape index (κ2) is 3.25. The van der Waals surface area contributed by atoms with E-state index >= 15 is 0 Å². The molecular weight excluding hydrogens is 148 g/mol. The summed E-state index contributed by atoms with van der Waals surface area (Å²) < 4.78 is 2.85. The van der Waals surface area contributed by atoms with Gasteiger partial charge in [0.25, 0.3) is 0 Å². The standard InChI is InChI=1S/C6H12N2OS/c1-4(9)7-5-2-6(3-5)8-10/h5-6,8,10H,2-3H2,1H3,(H,7,9). The van der Waals surface area contributed by atoms with Gasteiger partial charge >= 0.3 is 0 Å². The van der Waals surface area contributed by atoms with Crippen LogP contribution in [0.5, 0.6) is 0 Å². The average Bonchev–Trinajstić information content (AvgIpc) is 1.76. The van der Waals surface area contributed by atoms with Gasteiger partial charge in [-0.05, 0) is 12.8 Å². The fraction of sp³-hybridized carbons (Fsp3) is 0.833. The van der Waals surface area contributed by atoms with E-state index in [1.54, 1.807) is 6.92 Å². The number of hydrogen-bond acceptors (Lipinski definition) is 3. The van der Waals surface area contributed by atoms with Gasteiger partial charge in [-0.25, -0.2) is 0 Å². The van der Waals surface area contributed by atoms with Crippen molar-refractivity contribution in [2.75, 3.05) is 0 Å². The van der Waals surface area contributed by atoms with Crippen LogP contribution in [-0.4, -0.2) is 18.0 Å². The zero-order valence-corrected chi connectivity index (χ0v) is 6.82. The number of amides is 1. The Labute approximate surface area is 66.1 Å². The van der Waals surface area contributed by atoms with Crippen molar-refractivity contribution < 1.29 is 4.79 Å². The van der Waals surface area contributed by atoms with Gasteiger partial charge in [-0.1, -0.05) is 12.8 Å². The van der Waals surface area contributed by atoms with E-state index in [4.69, 9.17) is 0 Å². The lowest BCUT2D eigenvalue weighted by atomic mass is 9.88. The van der Waals surface area contributed by atoms with Crippen LogP contribution in [0.1, 0.15) is 19.8 Å². The molecule has 0 aromatic rings. The Balaban J connectivity index is 2.08. The largest absolute Gasteiger partial charge is 0.353 e. The highest BCUT2D eigenvalue weighted by atomic mass is 32.1. The molecule has 4 heteroatoms. The third-order valence-electron chi connectivity index (χ3n) is 1.73. The van der Waals surface area contributed by atoms with Crippen molar-refractivity contribution in [1.82, 2.24) is 10.0 Å². The van der Waals surface area contributed by atoms with E-state index in [0.29, 0.717) is 12.1 Å². The van der Waals surface area contributed by atoms with E-state index in [1.165, 1.54) is 0 Å². The highest BCUT2D eigenvalue weighted by molar-refractivity contribution is 7.78. The van der Waals surface area contributed by atoms with Crippen LogP contribution in [0.25, 0.3) is 0 Å². The molecule has 1 aliphatic rings. The van der Waals surface area contributed by atoms with E-state index in [-0.39, 0.29) is 5.91 Å². The van der Waals surface area contributed by atoms with Crippen molar-refractivity contribution in [2.45, 2.75) is 31.8 Å². The second-order valence-electron chi connectivity index (χ2n) is 2.69. The summed E-state index contributed by atoms with van der Waals surface area (Å²) in [7, 11) is 0. The highest BCUT2D eigenvalue weighted by Gasteiger charge is 2.28. The van der Waals surface area contributed by atoms with Crippen molar-refractivity contribution in [1.29, 1.82) is 0 Å². The monoisotopic (exact) mass is 160 g/mol. The molecule has 0 spiro atoms. The van der Waals surface area contributed by atoms with Crippen LogP contribution < -0.4 is 10.0 Å². The summed E-state index contributed by atoms with van der Waals surface area (Å²) >= 11 is 3.92. The van der Waals surface area contributed by atoms with Crippen molar-refractivity contribution in [2.24, 2.45) is 0 Å². The highest BCUT2D eigenvalue weighted by Crippen LogP contribution is 2.19. The summed E-state index contributed by atoms with van der Waals surface area (Å²) in [4.78, 5) is 10.5. The predicted octanol–water partition coefficient (Wildman–Crippen LogP) is 0.0879. The molecule has 1 rings (SSSR count). The fourth-order valence-electron chi connectivity index (χ4n) is 1.13. The van der Waals surface area contributed by atoms with Gasteiger partial charge in [0.05, 0.1) is 0 Å². The van der Waals surface area contributed by atoms with Gasteiger partial charge < -0.3 is 5.32 Å². The normalized spacial score (nSPS) is 31.0. The molecule has 1 amide bonds. The SMILES string of the molecule is CC(=O)NC1CC(NS)C1. The molecule has 3 nitrogen and oxygen atoms in total. The molecule has 1 fully saturated rings. The molecule has 0 unspecified atom stereocenters. The van der Waals surface area contributed by atoms with Gasteiger partial charge in [-0.15, -0.1) is 0 Å². The maximum atomic E-state index is 10.5. The first-order chi connectivity index (χ1) is 4.72. The minimum atomic E-state index is 0.0580. The lowest BCUT2D eigenvalue weighted by Gasteiger charge is -2.34. The molecule has 58 valence electrons. The zero-order chi connectivity index (χ0) is 7.56. The molecule has 0 saturated heterocycles. The number of carbonyl (C=O) groups excluding carboxylic acids is 1. The number of hydrogen-bond donors (Lipinski definition) is 3. The minimum absolute atomic E-state index is 0.0580. The van der Waals surface area contributed by atoms with Crippen molar-refractivity contribution in [3.05, 3.63) is 0 Å². The van der Waals surface area contributed by atoms with Gasteiger partial charge in [0, 0.05) is 19.0 Å². The van der Waals surface area contributed by atoms with Gasteiger partial charge in [-0.3, -0.25) is 9.52 Å². The zero-order valence-electron chi connectivity index (χ0n) is 5.92. The predicted molar refractivity (Wildman–Crippen MR) is 42.7 cm³/mol. The Morgan fingerprint density at radius 2 is 2.10 bits per heavy atom. The summed E-state index contributed by atoms with van der Waals surface area (Å²) in [6, 6.07) is 0.863. The van der Waals surface area contributed by atoms with Crippen molar-refractivity contribution in [3.63, 3.8) is 0 Å². The second-order valence-corrected chi connectivity index (χ2v) is 2.95. The molecular formula is C6H12N2OS. The maximum absolute atomic E-state index is 10.5. The Morgan fingerprint density at radius 3 is 2.50 bits per heavy atom. The van der Waals surface area contributed by atoms with Crippen molar-refractivity contribution in [3.8, 4) is 0 Å². The van der Waals surface area contributed by atoms with Crippen LogP contribution in [0.4, 0.5) is 0 Å². The Hall–Kier alpha value is -0.220. The molecule has 0 aromatic heterocycles. The molecule has 1 saturated carbocycles. The number of thiol groups is 1.